The first-order valence-corrected chi connectivity index (χ1v) is 9.21. The highest BCUT2D eigenvalue weighted by Gasteiger charge is 2.36. The van der Waals surface area contributed by atoms with Crippen LogP contribution in [0.2, 0.25) is 0 Å². The van der Waals surface area contributed by atoms with Gasteiger partial charge in [0.1, 0.15) is 0 Å². The Morgan fingerprint density at radius 3 is 2.05 bits per heavy atom. The zero-order valence-corrected chi connectivity index (χ0v) is 13.0. The van der Waals surface area contributed by atoms with Crippen LogP contribution in [-0.4, -0.2) is 8.42 Å². The van der Waals surface area contributed by atoms with Gasteiger partial charge in [0, 0.05) is 0 Å². The third-order valence-corrected chi connectivity index (χ3v) is 6.74. The van der Waals surface area contributed by atoms with Crippen LogP contribution in [0.25, 0.3) is 0 Å². The van der Waals surface area contributed by atoms with Crippen LogP contribution in [0.5, 0.6) is 0 Å². The summed E-state index contributed by atoms with van der Waals surface area (Å²) >= 11 is 0. The fraction of sp³-hybridized carbons (Fsp3) is 0.263. The number of benzene rings is 2. The quantitative estimate of drug-likeness (QED) is 0.796. The second-order valence-electron chi connectivity index (χ2n) is 6.27. The van der Waals surface area contributed by atoms with Gasteiger partial charge < -0.3 is 0 Å². The molecule has 22 heavy (non-hydrogen) atoms. The fourth-order valence-electron chi connectivity index (χ4n) is 3.79. The lowest BCUT2D eigenvalue weighted by Crippen LogP contribution is -2.06. The SMILES string of the molecule is O=S(=O)(c1ccccc1)c1ccc(C2CC3C=CC2C3)cc1. The van der Waals surface area contributed by atoms with Crippen molar-refractivity contribution in [3.8, 4) is 0 Å². The van der Waals surface area contributed by atoms with Gasteiger partial charge in [-0.1, -0.05) is 42.5 Å². The van der Waals surface area contributed by atoms with Crippen LogP contribution >= 0.6 is 0 Å². The van der Waals surface area contributed by atoms with Crippen molar-refractivity contribution < 1.29 is 8.42 Å². The van der Waals surface area contributed by atoms with Crippen molar-refractivity contribution in [1.82, 2.24) is 0 Å². The molecule has 2 bridgehead atoms. The van der Waals surface area contributed by atoms with Crippen molar-refractivity contribution in [3.63, 3.8) is 0 Å². The summed E-state index contributed by atoms with van der Waals surface area (Å²) in [5.74, 6) is 1.92. The molecule has 1 saturated carbocycles. The first kappa shape index (κ1) is 13.8. The Kier molecular flexibility index (Phi) is 3.19. The standard InChI is InChI=1S/C19H18O2S/c20-22(21,17-4-2-1-3-5-17)18-10-8-15(9-11-18)19-13-14-6-7-16(19)12-14/h1-11,14,16,19H,12-13H2. The summed E-state index contributed by atoms with van der Waals surface area (Å²) in [6, 6.07) is 16.1. The second-order valence-corrected chi connectivity index (χ2v) is 8.22. The average Bonchev–Trinajstić information content (AvgIpc) is 3.19. The highest BCUT2D eigenvalue weighted by Crippen LogP contribution is 2.48. The Morgan fingerprint density at radius 2 is 1.45 bits per heavy atom. The molecule has 2 aromatic rings. The Hall–Kier alpha value is -1.87. The largest absolute Gasteiger partial charge is 0.219 e. The summed E-state index contributed by atoms with van der Waals surface area (Å²) in [7, 11) is -3.40. The molecule has 2 aromatic carbocycles. The molecular formula is C19H18O2S. The van der Waals surface area contributed by atoms with Gasteiger partial charge in [0.05, 0.1) is 9.79 Å². The van der Waals surface area contributed by atoms with Crippen LogP contribution in [0.15, 0.2) is 76.5 Å². The van der Waals surface area contributed by atoms with Gasteiger partial charge in [-0.3, -0.25) is 0 Å². The Labute approximate surface area is 131 Å². The predicted octanol–water partition coefficient (Wildman–Crippen LogP) is 4.20. The summed E-state index contributed by atoms with van der Waals surface area (Å²) in [5, 5.41) is 0. The van der Waals surface area contributed by atoms with E-state index in [0.29, 0.717) is 21.6 Å². The van der Waals surface area contributed by atoms with Crippen LogP contribution in [0.4, 0.5) is 0 Å². The summed E-state index contributed by atoms with van der Waals surface area (Å²) in [5.41, 5.74) is 1.27. The Morgan fingerprint density at radius 1 is 0.773 bits per heavy atom. The third-order valence-electron chi connectivity index (χ3n) is 4.95. The summed E-state index contributed by atoms with van der Waals surface area (Å²) in [6.07, 6.45) is 7.11. The van der Waals surface area contributed by atoms with E-state index in [1.165, 1.54) is 18.4 Å². The number of allylic oxidation sites excluding steroid dienone is 2. The average molecular weight is 310 g/mol. The maximum absolute atomic E-state index is 12.6. The van der Waals surface area contributed by atoms with Gasteiger partial charge in [-0.2, -0.15) is 0 Å². The number of hydrogen-bond donors (Lipinski definition) is 0. The Balaban J connectivity index is 1.64. The second kappa shape index (κ2) is 5.10. The zero-order valence-electron chi connectivity index (χ0n) is 12.2. The molecular weight excluding hydrogens is 292 g/mol. The summed E-state index contributed by atoms with van der Waals surface area (Å²) in [4.78, 5) is 0.728. The smallest absolute Gasteiger partial charge is 0.206 e. The number of sulfone groups is 1. The van der Waals surface area contributed by atoms with E-state index >= 15 is 0 Å². The van der Waals surface area contributed by atoms with E-state index in [2.05, 4.69) is 12.2 Å². The van der Waals surface area contributed by atoms with Gasteiger partial charge in [-0.15, -0.1) is 0 Å². The molecule has 1 fully saturated rings. The van der Waals surface area contributed by atoms with Gasteiger partial charge in [0.2, 0.25) is 9.84 Å². The molecule has 3 atom stereocenters. The van der Waals surface area contributed by atoms with E-state index in [1.54, 1.807) is 36.4 Å². The lowest BCUT2D eigenvalue weighted by molar-refractivity contribution is 0.584. The van der Waals surface area contributed by atoms with Gasteiger partial charge >= 0.3 is 0 Å². The van der Waals surface area contributed by atoms with Crippen molar-refractivity contribution in [1.29, 1.82) is 0 Å². The van der Waals surface area contributed by atoms with Gasteiger partial charge in [-0.05, 0) is 60.4 Å². The Bertz CT molecular complexity index is 804. The number of fused-ring (bicyclic) bond motifs is 2. The molecule has 2 aliphatic carbocycles. The minimum Gasteiger partial charge on any atom is -0.219 e. The maximum Gasteiger partial charge on any atom is 0.206 e. The van der Waals surface area contributed by atoms with Crippen molar-refractivity contribution in [2.75, 3.05) is 0 Å². The zero-order chi connectivity index (χ0) is 15.2. The molecule has 112 valence electrons. The van der Waals surface area contributed by atoms with Crippen LogP contribution in [0.3, 0.4) is 0 Å². The first-order valence-electron chi connectivity index (χ1n) is 7.73. The van der Waals surface area contributed by atoms with E-state index in [9.17, 15) is 8.42 Å². The molecule has 0 radical (unpaired) electrons. The molecule has 0 aliphatic heterocycles. The summed E-state index contributed by atoms with van der Waals surface area (Å²) < 4.78 is 25.2. The monoisotopic (exact) mass is 310 g/mol. The highest BCUT2D eigenvalue weighted by atomic mass is 32.2. The van der Waals surface area contributed by atoms with E-state index in [0.717, 1.165) is 5.92 Å². The van der Waals surface area contributed by atoms with E-state index < -0.39 is 9.84 Å². The van der Waals surface area contributed by atoms with Gasteiger partial charge in [-0.25, -0.2) is 8.42 Å². The van der Waals surface area contributed by atoms with Crippen LogP contribution in [0.1, 0.15) is 24.3 Å². The lowest BCUT2D eigenvalue weighted by Gasteiger charge is -2.18. The molecule has 2 nitrogen and oxygen atoms in total. The minimum absolute atomic E-state index is 0.352. The van der Waals surface area contributed by atoms with Gasteiger partial charge in [0.15, 0.2) is 0 Å². The van der Waals surface area contributed by atoms with Crippen molar-refractivity contribution in [3.05, 3.63) is 72.3 Å². The molecule has 3 heteroatoms. The molecule has 0 amide bonds. The lowest BCUT2D eigenvalue weighted by atomic mass is 9.87. The van der Waals surface area contributed by atoms with E-state index in [4.69, 9.17) is 0 Å². The van der Waals surface area contributed by atoms with Crippen LogP contribution in [0, 0.1) is 11.8 Å². The van der Waals surface area contributed by atoms with E-state index in [-0.39, 0.29) is 0 Å². The minimum atomic E-state index is -3.40. The molecule has 0 N–H and O–H groups in total. The normalized spacial score (nSPS) is 26.5. The van der Waals surface area contributed by atoms with Gasteiger partial charge in [0.25, 0.3) is 0 Å². The number of rotatable bonds is 3. The van der Waals surface area contributed by atoms with Crippen molar-refractivity contribution in [2.24, 2.45) is 11.8 Å². The maximum atomic E-state index is 12.6. The number of hydrogen-bond acceptors (Lipinski definition) is 2. The van der Waals surface area contributed by atoms with Crippen molar-refractivity contribution in [2.45, 2.75) is 28.6 Å². The molecule has 0 spiro atoms. The van der Waals surface area contributed by atoms with E-state index in [1.807, 2.05) is 18.2 Å². The first-order chi connectivity index (χ1) is 10.6. The molecule has 2 aliphatic rings. The molecule has 0 aromatic heterocycles. The molecule has 4 rings (SSSR count). The predicted molar refractivity (Wildman–Crippen MR) is 86.4 cm³/mol. The topological polar surface area (TPSA) is 34.1 Å². The molecule has 0 saturated heterocycles. The summed E-state index contributed by atoms with van der Waals surface area (Å²) in [6.45, 7) is 0. The highest BCUT2D eigenvalue weighted by molar-refractivity contribution is 7.91. The van der Waals surface area contributed by atoms with Crippen LogP contribution in [-0.2, 0) is 9.84 Å². The van der Waals surface area contributed by atoms with Crippen molar-refractivity contribution >= 4 is 9.84 Å². The fourth-order valence-corrected chi connectivity index (χ4v) is 5.08. The molecule has 3 unspecified atom stereocenters. The molecule has 0 heterocycles. The third kappa shape index (κ3) is 2.20. The van der Waals surface area contributed by atoms with Crippen LogP contribution < -0.4 is 0 Å².